The van der Waals surface area contributed by atoms with Crippen molar-refractivity contribution in [1.82, 2.24) is 14.9 Å². The van der Waals surface area contributed by atoms with E-state index in [4.69, 9.17) is 4.98 Å². The Balaban J connectivity index is 1.56. The van der Waals surface area contributed by atoms with E-state index in [0.29, 0.717) is 16.9 Å². The molecule has 2 aromatic carbocycles. The van der Waals surface area contributed by atoms with Gasteiger partial charge in [-0.05, 0) is 65.9 Å². The van der Waals surface area contributed by atoms with Crippen LogP contribution in [0.1, 0.15) is 18.1 Å². The highest BCUT2D eigenvalue weighted by atomic mass is 32.2. The Morgan fingerprint density at radius 3 is 2.59 bits per heavy atom. The predicted molar refractivity (Wildman–Crippen MR) is 135 cm³/mol. The number of aromatic amines is 1. The quantitative estimate of drug-likeness (QED) is 0.452. The number of anilines is 2. The average molecular weight is 475 g/mol. The van der Waals surface area contributed by atoms with Gasteiger partial charge in [-0.2, -0.15) is 0 Å². The van der Waals surface area contributed by atoms with E-state index in [1.807, 2.05) is 18.2 Å². The molecule has 0 saturated carbocycles. The van der Waals surface area contributed by atoms with E-state index in [2.05, 4.69) is 34.3 Å². The number of nitrogens with one attached hydrogen (secondary N) is 2. The van der Waals surface area contributed by atoms with Gasteiger partial charge in [-0.3, -0.25) is 9.69 Å². The zero-order chi connectivity index (χ0) is 23.9. The molecule has 0 saturated heterocycles. The fraction of sp³-hybridized carbons (Fsp3) is 0.231. The Bertz CT molecular complexity index is 1540. The summed E-state index contributed by atoms with van der Waals surface area (Å²) in [7, 11) is -3.29. The molecule has 174 valence electrons. The molecule has 0 unspecified atom stereocenters. The van der Waals surface area contributed by atoms with Gasteiger partial charge in [0.2, 0.25) is 0 Å². The Morgan fingerprint density at radius 2 is 1.85 bits per heavy atom. The standard InChI is InChI=1S/C26H26N4O3S/c1-3-30-13-11-18-14-21(7-4-20(18)16-30)28-25-24-19(10-12-27-26(24)31)15-23(29-25)17-5-8-22(9-6-17)34(2,32)33/h4-10,12,14-15H,3,11,13,16H2,1-2H3,(H,27,31)(H,28,29). The van der Waals surface area contributed by atoms with Crippen LogP contribution in [0.5, 0.6) is 0 Å². The third kappa shape index (κ3) is 4.34. The SMILES string of the molecule is CCN1CCc2cc(Nc3nc(-c4ccc(S(C)(=O)=O)cc4)cc4cc[nH]c(=O)c34)ccc2C1. The van der Waals surface area contributed by atoms with Gasteiger partial charge in [-0.15, -0.1) is 0 Å². The molecule has 4 aromatic rings. The molecule has 0 bridgehead atoms. The molecule has 0 aliphatic carbocycles. The fourth-order valence-electron chi connectivity index (χ4n) is 4.42. The number of aromatic nitrogens is 2. The number of H-pyrrole nitrogens is 1. The Hall–Kier alpha value is -3.49. The van der Waals surface area contributed by atoms with Crippen LogP contribution >= 0.6 is 0 Å². The van der Waals surface area contributed by atoms with E-state index in [1.54, 1.807) is 30.5 Å². The first-order valence-electron chi connectivity index (χ1n) is 11.3. The number of benzene rings is 2. The van der Waals surface area contributed by atoms with E-state index < -0.39 is 9.84 Å². The molecule has 0 radical (unpaired) electrons. The molecule has 5 rings (SSSR count). The second kappa shape index (κ2) is 8.70. The van der Waals surface area contributed by atoms with Crippen LogP contribution in [0.2, 0.25) is 0 Å². The summed E-state index contributed by atoms with van der Waals surface area (Å²) in [5.74, 6) is 0.465. The number of sulfone groups is 1. The van der Waals surface area contributed by atoms with E-state index in [0.717, 1.165) is 42.7 Å². The predicted octanol–water partition coefficient (Wildman–Crippen LogP) is 4.12. The number of nitrogens with zero attached hydrogens (tertiary/aromatic N) is 2. The summed E-state index contributed by atoms with van der Waals surface area (Å²) in [4.78, 5) is 22.9. The average Bonchev–Trinajstić information content (AvgIpc) is 2.83. The van der Waals surface area contributed by atoms with Crippen LogP contribution in [-0.4, -0.2) is 42.6 Å². The van der Waals surface area contributed by atoms with E-state index >= 15 is 0 Å². The monoisotopic (exact) mass is 474 g/mol. The zero-order valence-electron chi connectivity index (χ0n) is 19.1. The van der Waals surface area contributed by atoms with Crippen LogP contribution in [0.3, 0.4) is 0 Å². The summed E-state index contributed by atoms with van der Waals surface area (Å²) < 4.78 is 23.6. The van der Waals surface area contributed by atoms with Crippen molar-refractivity contribution in [2.75, 3.05) is 24.7 Å². The van der Waals surface area contributed by atoms with Crippen molar-refractivity contribution in [3.8, 4) is 11.3 Å². The first kappa shape index (κ1) is 22.3. The molecule has 34 heavy (non-hydrogen) atoms. The van der Waals surface area contributed by atoms with Crippen LogP contribution < -0.4 is 10.9 Å². The van der Waals surface area contributed by atoms with Crippen LogP contribution in [0.4, 0.5) is 11.5 Å². The van der Waals surface area contributed by atoms with Gasteiger partial charge in [0.15, 0.2) is 9.84 Å². The molecule has 1 aliphatic heterocycles. The number of fused-ring (bicyclic) bond motifs is 2. The minimum absolute atomic E-state index is 0.219. The van der Waals surface area contributed by atoms with Gasteiger partial charge < -0.3 is 10.3 Å². The molecular formula is C26H26N4O3S. The lowest BCUT2D eigenvalue weighted by atomic mass is 9.99. The van der Waals surface area contributed by atoms with E-state index in [9.17, 15) is 13.2 Å². The maximum Gasteiger partial charge on any atom is 0.259 e. The second-order valence-corrected chi connectivity index (χ2v) is 10.7. The lowest BCUT2D eigenvalue weighted by molar-refractivity contribution is 0.268. The molecule has 0 spiro atoms. The van der Waals surface area contributed by atoms with Gasteiger partial charge >= 0.3 is 0 Å². The summed E-state index contributed by atoms with van der Waals surface area (Å²) in [6, 6.07) is 16.6. The highest BCUT2D eigenvalue weighted by Gasteiger charge is 2.17. The number of hydrogen-bond donors (Lipinski definition) is 2. The topological polar surface area (TPSA) is 95.2 Å². The van der Waals surface area contributed by atoms with Crippen LogP contribution in [0, 0.1) is 0 Å². The maximum atomic E-state index is 12.7. The highest BCUT2D eigenvalue weighted by Crippen LogP contribution is 2.30. The van der Waals surface area contributed by atoms with Crippen molar-refractivity contribution in [2.45, 2.75) is 24.8 Å². The Labute approximate surface area is 198 Å². The van der Waals surface area contributed by atoms with E-state index in [-0.39, 0.29) is 10.5 Å². The summed E-state index contributed by atoms with van der Waals surface area (Å²) in [5.41, 5.74) is 4.71. The summed E-state index contributed by atoms with van der Waals surface area (Å²) in [6.45, 7) is 5.20. The number of pyridine rings is 2. The van der Waals surface area contributed by atoms with Crippen molar-refractivity contribution >= 4 is 32.1 Å². The molecule has 0 fully saturated rings. The van der Waals surface area contributed by atoms with Gasteiger partial charge in [0.05, 0.1) is 16.0 Å². The Kier molecular flexibility index (Phi) is 5.71. The summed E-state index contributed by atoms with van der Waals surface area (Å²) in [5, 5.41) is 4.60. The van der Waals surface area contributed by atoms with Crippen LogP contribution in [0.25, 0.3) is 22.0 Å². The smallest absolute Gasteiger partial charge is 0.259 e. The third-order valence-corrected chi connectivity index (χ3v) is 7.47. The van der Waals surface area contributed by atoms with Gasteiger partial charge in [-0.1, -0.05) is 25.1 Å². The Morgan fingerprint density at radius 1 is 1.06 bits per heavy atom. The lowest BCUT2D eigenvalue weighted by Gasteiger charge is -2.28. The van der Waals surface area contributed by atoms with Crippen molar-refractivity contribution in [2.24, 2.45) is 0 Å². The number of rotatable bonds is 5. The van der Waals surface area contributed by atoms with Gasteiger partial charge in [0.25, 0.3) is 5.56 Å². The minimum Gasteiger partial charge on any atom is -0.340 e. The molecular weight excluding hydrogens is 448 g/mol. The van der Waals surface area contributed by atoms with Crippen molar-refractivity contribution in [3.05, 3.63) is 82.3 Å². The number of hydrogen-bond acceptors (Lipinski definition) is 6. The van der Waals surface area contributed by atoms with E-state index in [1.165, 1.54) is 17.4 Å². The van der Waals surface area contributed by atoms with Crippen molar-refractivity contribution < 1.29 is 8.42 Å². The first-order valence-corrected chi connectivity index (χ1v) is 13.1. The maximum absolute atomic E-state index is 12.7. The molecule has 3 heterocycles. The van der Waals surface area contributed by atoms with Gasteiger partial charge in [0.1, 0.15) is 5.82 Å². The van der Waals surface area contributed by atoms with Gasteiger partial charge in [0, 0.05) is 36.8 Å². The molecule has 0 amide bonds. The van der Waals surface area contributed by atoms with Gasteiger partial charge in [-0.25, -0.2) is 13.4 Å². The molecule has 1 aliphatic rings. The molecule has 0 atom stereocenters. The molecule has 8 heteroatoms. The molecule has 7 nitrogen and oxygen atoms in total. The molecule has 2 aromatic heterocycles. The highest BCUT2D eigenvalue weighted by molar-refractivity contribution is 7.90. The normalized spacial score (nSPS) is 14.2. The first-order chi connectivity index (χ1) is 16.3. The fourth-order valence-corrected chi connectivity index (χ4v) is 5.05. The molecule has 2 N–H and O–H groups in total. The minimum atomic E-state index is -3.29. The van der Waals surface area contributed by atoms with Crippen LogP contribution in [0.15, 0.2) is 70.5 Å². The lowest BCUT2D eigenvalue weighted by Crippen LogP contribution is -2.30. The largest absolute Gasteiger partial charge is 0.340 e. The summed E-state index contributed by atoms with van der Waals surface area (Å²) >= 11 is 0. The van der Waals surface area contributed by atoms with Crippen molar-refractivity contribution in [1.29, 1.82) is 0 Å². The summed E-state index contributed by atoms with van der Waals surface area (Å²) in [6.07, 6.45) is 3.78. The van der Waals surface area contributed by atoms with Crippen molar-refractivity contribution in [3.63, 3.8) is 0 Å². The second-order valence-electron chi connectivity index (χ2n) is 8.65. The number of likely N-dealkylation sites (N-methyl/N-ethyl adjacent to an activating group) is 1. The third-order valence-electron chi connectivity index (χ3n) is 6.34. The van der Waals surface area contributed by atoms with Crippen LogP contribution in [-0.2, 0) is 22.8 Å². The zero-order valence-corrected chi connectivity index (χ0v) is 19.9.